The van der Waals surface area contributed by atoms with Crippen molar-refractivity contribution in [2.75, 3.05) is 5.32 Å². The van der Waals surface area contributed by atoms with Crippen LogP contribution in [0.4, 0.5) is 5.69 Å². The van der Waals surface area contributed by atoms with Crippen LogP contribution in [-0.4, -0.2) is 29.9 Å². The van der Waals surface area contributed by atoms with Crippen LogP contribution in [0.2, 0.25) is 0 Å². The summed E-state index contributed by atoms with van der Waals surface area (Å²) in [6.07, 6.45) is 4.41. The van der Waals surface area contributed by atoms with Crippen molar-refractivity contribution in [3.8, 4) is 0 Å². The van der Waals surface area contributed by atoms with Crippen molar-refractivity contribution in [1.82, 2.24) is 10.6 Å². The van der Waals surface area contributed by atoms with Crippen molar-refractivity contribution >= 4 is 28.8 Å². The van der Waals surface area contributed by atoms with Gasteiger partial charge in [0.15, 0.2) is 0 Å². The number of thiophene rings is 1. The number of hydrogen-bond acceptors (Lipinski definition) is 4. The van der Waals surface area contributed by atoms with Crippen LogP contribution in [0.1, 0.15) is 45.7 Å². The minimum absolute atomic E-state index is 0.0708. The van der Waals surface area contributed by atoms with E-state index in [1.165, 1.54) is 24.2 Å². The maximum Gasteiger partial charge on any atom is 0.265 e. The molecule has 2 aromatic rings. The molecule has 2 unspecified atom stereocenters. The zero-order valence-corrected chi connectivity index (χ0v) is 14.6. The van der Waals surface area contributed by atoms with Crippen LogP contribution in [0.5, 0.6) is 0 Å². The number of nitrogens with one attached hydrogen (secondary N) is 3. The van der Waals surface area contributed by atoms with E-state index in [4.69, 9.17) is 0 Å². The molecule has 3 heterocycles. The number of rotatable bonds is 4. The molecule has 2 fully saturated rings. The molecule has 0 saturated carbocycles. The minimum atomic E-state index is -0.150. The van der Waals surface area contributed by atoms with Gasteiger partial charge in [0.2, 0.25) is 0 Å². The fraction of sp³-hybridized carbons (Fsp3) is 0.368. The van der Waals surface area contributed by atoms with Gasteiger partial charge in [-0.15, -0.1) is 11.3 Å². The van der Waals surface area contributed by atoms with Crippen LogP contribution >= 0.6 is 11.3 Å². The number of carbonyl (C=O) groups excluding carboxylic acids is 2. The van der Waals surface area contributed by atoms with Crippen LogP contribution in [-0.2, 0) is 0 Å². The molecule has 5 nitrogen and oxygen atoms in total. The highest BCUT2D eigenvalue weighted by molar-refractivity contribution is 7.12. The van der Waals surface area contributed by atoms with Crippen molar-refractivity contribution in [2.24, 2.45) is 0 Å². The topological polar surface area (TPSA) is 70.2 Å². The first-order valence-corrected chi connectivity index (χ1v) is 9.57. The molecule has 2 amide bonds. The fourth-order valence-electron chi connectivity index (χ4n) is 3.78. The summed E-state index contributed by atoms with van der Waals surface area (Å²) in [4.78, 5) is 25.4. The summed E-state index contributed by atoms with van der Waals surface area (Å²) in [6.45, 7) is 0. The normalized spacial score (nSPS) is 24.7. The first kappa shape index (κ1) is 16.3. The Morgan fingerprint density at radius 2 is 1.84 bits per heavy atom. The predicted octanol–water partition coefficient (Wildman–Crippen LogP) is 3.01. The van der Waals surface area contributed by atoms with Gasteiger partial charge in [0.25, 0.3) is 11.8 Å². The monoisotopic (exact) mass is 355 g/mol. The van der Waals surface area contributed by atoms with Gasteiger partial charge >= 0.3 is 0 Å². The van der Waals surface area contributed by atoms with E-state index in [1.807, 2.05) is 11.4 Å². The van der Waals surface area contributed by atoms with E-state index in [9.17, 15) is 9.59 Å². The zero-order chi connectivity index (χ0) is 17.2. The second-order valence-electron chi connectivity index (χ2n) is 6.79. The number of fused-ring (bicyclic) bond motifs is 2. The van der Waals surface area contributed by atoms with E-state index < -0.39 is 0 Å². The zero-order valence-electron chi connectivity index (χ0n) is 13.8. The Hall–Kier alpha value is -2.18. The summed E-state index contributed by atoms with van der Waals surface area (Å²) >= 11 is 1.39. The van der Waals surface area contributed by atoms with Crippen LogP contribution in [0.3, 0.4) is 0 Å². The van der Waals surface area contributed by atoms with Gasteiger partial charge < -0.3 is 16.0 Å². The molecule has 0 aliphatic carbocycles. The van der Waals surface area contributed by atoms with Gasteiger partial charge in [0.05, 0.1) is 4.88 Å². The van der Waals surface area contributed by atoms with Gasteiger partial charge in [0, 0.05) is 29.4 Å². The van der Waals surface area contributed by atoms with Crippen molar-refractivity contribution in [1.29, 1.82) is 0 Å². The minimum Gasteiger partial charge on any atom is -0.349 e. The second-order valence-corrected chi connectivity index (χ2v) is 7.74. The molecule has 2 atom stereocenters. The number of benzene rings is 1. The lowest BCUT2D eigenvalue weighted by atomic mass is 9.99. The second kappa shape index (κ2) is 6.98. The quantitative estimate of drug-likeness (QED) is 0.790. The Balaban J connectivity index is 1.40. The smallest absolute Gasteiger partial charge is 0.265 e. The number of anilines is 1. The Bertz CT molecular complexity index is 763. The van der Waals surface area contributed by atoms with E-state index >= 15 is 0 Å². The Kier molecular flexibility index (Phi) is 4.55. The number of amides is 2. The lowest BCUT2D eigenvalue weighted by Crippen LogP contribution is -2.48. The molecule has 0 spiro atoms. The maximum atomic E-state index is 12.6. The van der Waals surface area contributed by atoms with Crippen molar-refractivity contribution < 1.29 is 9.59 Å². The average molecular weight is 355 g/mol. The van der Waals surface area contributed by atoms with Crippen LogP contribution in [0.25, 0.3) is 0 Å². The first-order chi connectivity index (χ1) is 12.2. The molecule has 6 heteroatoms. The number of piperidine rings is 1. The molecule has 25 heavy (non-hydrogen) atoms. The van der Waals surface area contributed by atoms with E-state index in [0.29, 0.717) is 28.2 Å². The largest absolute Gasteiger partial charge is 0.349 e. The highest BCUT2D eigenvalue weighted by Crippen LogP contribution is 2.27. The third kappa shape index (κ3) is 3.75. The van der Waals surface area contributed by atoms with Crippen LogP contribution in [0.15, 0.2) is 41.8 Å². The molecule has 130 valence electrons. The molecule has 0 radical (unpaired) electrons. The van der Waals surface area contributed by atoms with E-state index in [0.717, 1.165) is 12.8 Å². The Morgan fingerprint density at radius 3 is 2.56 bits per heavy atom. The molecule has 2 aliphatic heterocycles. The summed E-state index contributed by atoms with van der Waals surface area (Å²) < 4.78 is 0. The first-order valence-electron chi connectivity index (χ1n) is 8.69. The predicted molar refractivity (Wildman–Crippen MR) is 99.1 cm³/mol. The summed E-state index contributed by atoms with van der Waals surface area (Å²) in [6, 6.07) is 12.1. The maximum absolute atomic E-state index is 12.6. The standard InChI is InChI=1S/C19H21N3O2S/c23-18(22-16-10-14-6-7-15(11-16)20-14)12-3-1-4-13(9-12)21-19(24)17-5-2-8-25-17/h1-5,8-9,14-16,20H,6-7,10-11H2,(H,21,24)(H,22,23). The summed E-state index contributed by atoms with van der Waals surface area (Å²) in [5.74, 6) is -0.221. The van der Waals surface area contributed by atoms with E-state index in [-0.39, 0.29) is 17.9 Å². The lowest BCUT2D eigenvalue weighted by molar-refractivity contribution is 0.0923. The third-order valence-electron chi connectivity index (χ3n) is 4.94. The number of carbonyl (C=O) groups is 2. The van der Waals surface area contributed by atoms with Crippen LogP contribution in [0, 0.1) is 0 Å². The van der Waals surface area contributed by atoms with E-state index in [2.05, 4.69) is 16.0 Å². The third-order valence-corrected chi connectivity index (χ3v) is 5.80. The van der Waals surface area contributed by atoms with Gasteiger partial charge in [-0.2, -0.15) is 0 Å². The molecule has 4 rings (SSSR count). The molecule has 2 bridgehead atoms. The molecular weight excluding hydrogens is 334 g/mol. The Morgan fingerprint density at radius 1 is 1.04 bits per heavy atom. The molecule has 1 aromatic carbocycles. The highest BCUT2D eigenvalue weighted by atomic mass is 32.1. The SMILES string of the molecule is O=C(NC1CC2CCC(C1)N2)c1cccc(NC(=O)c2cccs2)c1. The molecule has 1 aromatic heterocycles. The lowest BCUT2D eigenvalue weighted by Gasteiger charge is -2.29. The molecule has 2 saturated heterocycles. The van der Waals surface area contributed by atoms with Crippen molar-refractivity contribution in [3.63, 3.8) is 0 Å². The van der Waals surface area contributed by atoms with Gasteiger partial charge in [-0.25, -0.2) is 0 Å². The molecular formula is C19H21N3O2S. The van der Waals surface area contributed by atoms with Gasteiger partial charge in [-0.05, 0) is 55.3 Å². The van der Waals surface area contributed by atoms with Crippen molar-refractivity contribution in [3.05, 3.63) is 52.2 Å². The van der Waals surface area contributed by atoms with Gasteiger partial charge in [0.1, 0.15) is 0 Å². The molecule has 3 N–H and O–H groups in total. The van der Waals surface area contributed by atoms with Gasteiger partial charge in [-0.1, -0.05) is 12.1 Å². The summed E-state index contributed by atoms with van der Waals surface area (Å²) in [7, 11) is 0. The van der Waals surface area contributed by atoms with Crippen LogP contribution < -0.4 is 16.0 Å². The number of hydrogen-bond donors (Lipinski definition) is 3. The Labute approximate surface area is 150 Å². The van der Waals surface area contributed by atoms with Gasteiger partial charge in [-0.3, -0.25) is 9.59 Å². The highest BCUT2D eigenvalue weighted by Gasteiger charge is 2.34. The average Bonchev–Trinajstić information content (AvgIpc) is 3.25. The summed E-state index contributed by atoms with van der Waals surface area (Å²) in [5, 5.41) is 11.4. The molecule has 2 aliphatic rings. The van der Waals surface area contributed by atoms with E-state index in [1.54, 1.807) is 30.3 Å². The fourth-order valence-corrected chi connectivity index (χ4v) is 4.40. The van der Waals surface area contributed by atoms with Crippen molar-refractivity contribution in [2.45, 2.75) is 43.8 Å². The summed E-state index contributed by atoms with van der Waals surface area (Å²) in [5.41, 5.74) is 1.21.